The van der Waals surface area contributed by atoms with Crippen LogP contribution in [0.1, 0.15) is 36.0 Å². The van der Waals surface area contributed by atoms with Gasteiger partial charge in [0.15, 0.2) is 5.96 Å². The topological polar surface area (TPSA) is 62.2 Å². The maximum atomic E-state index is 4.61. The molecule has 0 aliphatic heterocycles. The molecule has 0 saturated heterocycles. The summed E-state index contributed by atoms with van der Waals surface area (Å²) in [5.74, 6) is 1.27. The lowest BCUT2D eigenvalue weighted by Gasteiger charge is -2.10. The first-order chi connectivity index (χ1) is 10.7. The molecule has 0 bridgehead atoms. The highest BCUT2D eigenvalue weighted by Crippen LogP contribution is 2.17. The second-order valence-electron chi connectivity index (χ2n) is 5.28. The van der Waals surface area contributed by atoms with Crippen LogP contribution < -0.4 is 10.6 Å². The van der Waals surface area contributed by atoms with Crippen LogP contribution in [0.15, 0.2) is 34.9 Å². The number of pyridine rings is 1. The molecule has 2 heterocycles. The molecule has 22 heavy (non-hydrogen) atoms. The van der Waals surface area contributed by atoms with Crippen molar-refractivity contribution in [1.82, 2.24) is 20.6 Å². The van der Waals surface area contributed by atoms with E-state index < -0.39 is 0 Å². The summed E-state index contributed by atoms with van der Waals surface area (Å²) in [6.07, 6.45) is 4.60. The van der Waals surface area contributed by atoms with Crippen molar-refractivity contribution in [2.45, 2.75) is 32.7 Å². The van der Waals surface area contributed by atoms with Crippen LogP contribution in [0.3, 0.4) is 0 Å². The van der Waals surface area contributed by atoms with E-state index in [1.165, 1.54) is 5.56 Å². The predicted octanol–water partition coefficient (Wildman–Crippen LogP) is 2.57. The van der Waals surface area contributed by atoms with Gasteiger partial charge in [-0.05, 0) is 24.0 Å². The highest BCUT2D eigenvalue weighted by atomic mass is 32.1. The molecule has 2 aromatic heterocycles. The first-order valence-electron chi connectivity index (χ1n) is 7.46. The smallest absolute Gasteiger partial charge is 0.191 e. The van der Waals surface area contributed by atoms with Gasteiger partial charge in [0.25, 0.3) is 0 Å². The van der Waals surface area contributed by atoms with Crippen molar-refractivity contribution in [1.29, 1.82) is 0 Å². The Labute approximate surface area is 135 Å². The lowest BCUT2D eigenvalue weighted by molar-refractivity contribution is 0.777. The fraction of sp³-hybridized carbons (Fsp3) is 0.438. The SMILES string of the molecule is CN=C(NCCc1cccnc1)NCc1nc(C(C)C)cs1. The second-order valence-corrected chi connectivity index (χ2v) is 6.23. The van der Waals surface area contributed by atoms with Gasteiger partial charge in [0, 0.05) is 31.4 Å². The molecular formula is C16H23N5S. The third-order valence-electron chi connectivity index (χ3n) is 3.22. The van der Waals surface area contributed by atoms with Gasteiger partial charge < -0.3 is 10.6 Å². The van der Waals surface area contributed by atoms with Crippen LogP contribution in [0.5, 0.6) is 0 Å². The number of rotatable bonds is 6. The van der Waals surface area contributed by atoms with Crippen molar-refractivity contribution in [3.05, 3.63) is 46.2 Å². The third kappa shape index (κ3) is 5.11. The van der Waals surface area contributed by atoms with Gasteiger partial charge in [-0.25, -0.2) is 4.98 Å². The predicted molar refractivity (Wildman–Crippen MR) is 92.3 cm³/mol. The maximum absolute atomic E-state index is 4.61. The summed E-state index contributed by atoms with van der Waals surface area (Å²) in [5, 5.41) is 9.81. The maximum Gasteiger partial charge on any atom is 0.191 e. The van der Waals surface area contributed by atoms with E-state index in [-0.39, 0.29) is 0 Å². The molecule has 5 nitrogen and oxygen atoms in total. The van der Waals surface area contributed by atoms with Gasteiger partial charge in [-0.1, -0.05) is 19.9 Å². The minimum Gasteiger partial charge on any atom is -0.356 e. The van der Waals surface area contributed by atoms with Crippen molar-refractivity contribution < 1.29 is 0 Å². The first kappa shape index (κ1) is 16.4. The monoisotopic (exact) mass is 317 g/mol. The van der Waals surface area contributed by atoms with Crippen LogP contribution in [-0.2, 0) is 13.0 Å². The largest absolute Gasteiger partial charge is 0.356 e. The molecule has 0 aliphatic carbocycles. The van der Waals surface area contributed by atoms with Crippen LogP contribution in [0, 0.1) is 0 Å². The Morgan fingerprint density at radius 1 is 1.36 bits per heavy atom. The van der Waals surface area contributed by atoms with Crippen LogP contribution in [-0.4, -0.2) is 29.5 Å². The number of nitrogens with zero attached hydrogens (tertiary/aromatic N) is 3. The van der Waals surface area contributed by atoms with Gasteiger partial charge in [-0.3, -0.25) is 9.98 Å². The minimum absolute atomic E-state index is 0.474. The van der Waals surface area contributed by atoms with Gasteiger partial charge in [0.1, 0.15) is 5.01 Å². The number of thiazole rings is 1. The number of hydrogen-bond acceptors (Lipinski definition) is 4. The number of aliphatic imine (C=N–C) groups is 1. The minimum atomic E-state index is 0.474. The molecule has 0 radical (unpaired) electrons. The van der Waals surface area contributed by atoms with E-state index >= 15 is 0 Å². The number of hydrogen-bond donors (Lipinski definition) is 2. The van der Waals surface area contributed by atoms with Gasteiger partial charge >= 0.3 is 0 Å². The van der Waals surface area contributed by atoms with Crippen molar-refractivity contribution in [2.24, 2.45) is 4.99 Å². The van der Waals surface area contributed by atoms with Gasteiger partial charge in [0.2, 0.25) is 0 Å². The number of nitrogens with one attached hydrogen (secondary N) is 2. The normalized spacial score (nSPS) is 11.7. The second kappa shape index (κ2) is 8.48. The molecule has 2 rings (SSSR count). The molecule has 0 atom stereocenters. The Morgan fingerprint density at radius 3 is 2.86 bits per heavy atom. The highest BCUT2D eigenvalue weighted by molar-refractivity contribution is 7.09. The van der Waals surface area contributed by atoms with Crippen LogP contribution >= 0.6 is 11.3 Å². The lowest BCUT2D eigenvalue weighted by atomic mass is 10.2. The zero-order valence-electron chi connectivity index (χ0n) is 13.3. The fourth-order valence-electron chi connectivity index (χ4n) is 1.92. The fourth-order valence-corrected chi connectivity index (χ4v) is 2.82. The van der Waals surface area contributed by atoms with Crippen LogP contribution in [0.25, 0.3) is 0 Å². The third-order valence-corrected chi connectivity index (χ3v) is 4.09. The standard InChI is InChI=1S/C16H23N5S/c1-12(2)14-11-22-15(21-14)10-20-16(17-3)19-8-6-13-5-4-7-18-9-13/h4-5,7,9,11-12H,6,8,10H2,1-3H3,(H2,17,19,20). The average molecular weight is 317 g/mol. The van der Waals surface area contributed by atoms with Crippen LogP contribution in [0.2, 0.25) is 0 Å². The molecule has 0 unspecified atom stereocenters. The van der Waals surface area contributed by atoms with E-state index in [0.29, 0.717) is 12.5 Å². The molecule has 2 aromatic rings. The summed E-state index contributed by atoms with van der Waals surface area (Å²) in [5.41, 5.74) is 2.37. The van der Waals surface area contributed by atoms with E-state index in [4.69, 9.17) is 0 Å². The molecule has 0 saturated carbocycles. The molecule has 0 spiro atoms. The molecule has 0 fully saturated rings. The highest BCUT2D eigenvalue weighted by Gasteiger charge is 2.06. The van der Waals surface area contributed by atoms with Crippen LogP contribution in [0.4, 0.5) is 0 Å². The van der Waals surface area contributed by atoms with Crippen molar-refractivity contribution >= 4 is 17.3 Å². The van der Waals surface area contributed by atoms with Gasteiger partial charge in [-0.2, -0.15) is 0 Å². The number of guanidine groups is 1. The summed E-state index contributed by atoms with van der Waals surface area (Å²) in [7, 11) is 1.78. The van der Waals surface area contributed by atoms with Gasteiger partial charge in [-0.15, -0.1) is 11.3 Å². The molecule has 118 valence electrons. The quantitative estimate of drug-likeness (QED) is 0.635. The molecule has 2 N–H and O–H groups in total. The molecule has 0 aliphatic rings. The van der Waals surface area contributed by atoms with E-state index in [0.717, 1.165) is 29.6 Å². The summed E-state index contributed by atoms with van der Waals surface area (Å²) in [6, 6.07) is 4.03. The summed E-state index contributed by atoms with van der Waals surface area (Å²) in [6.45, 7) is 5.83. The Morgan fingerprint density at radius 2 is 2.23 bits per heavy atom. The Hall–Kier alpha value is -1.95. The zero-order valence-corrected chi connectivity index (χ0v) is 14.2. The Kier molecular flexibility index (Phi) is 6.33. The molecular weight excluding hydrogens is 294 g/mol. The van der Waals surface area contributed by atoms with E-state index in [9.17, 15) is 0 Å². The summed E-state index contributed by atoms with van der Waals surface area (Å²) < 4.78 is 0. The van der Waals surface area contributed by atoms with E-state index in [1.54, 1.807) is 24.6 Å². The molecule has 6 heteroatoms. The first-order valence-corrected chi connectivity index (χ1v) is 8.34. The van der Waals surface area contributed by atoms with Gasteiger partial charge in [0.05, 0.1) is 12.2 Å². The van der Waals surface area contributed by atoms with Crippen molar-refractivity contribution in [2.75, 3.05) is 13.6 Å². The van der Waals surface area contributed by atoms with E-state index in [1.807, 2.05) is 12.3 Å². The Balaban J connectivity index is 1.75. The summed E-state index contributed by atoms with van der Waals surface area (Å²) in [4.78, 5) is 13.0. The lowest BCUT2D eigenvalue weighted by Crippen LogP contribution is -2.37. The Bertz CT molecular complexity index is 592. The van der Waals surface area contributed by atoms with Crippen molar-refractivity contribution in [3.63, 3.8) is 0 Å². The van der Waals surface area contributed by atoms with E-state index in [2.05, 4.69) is 50.9 Å². The van der Waals surface area contributed by atoms with Crippen molar-refractivity contribution in [3.8, 4) is 0 Å². The summed E-state index contributed by atoms with van der Waals surface area (Å²) >= 11 is 1.69. The molecule has 0 aromatic carbocycles. The number of aromatic nitrogens is 2. The zero-order chi connectivity index (χ0) is 15.8. The molecule has 0 amide bonds. The average Bonchev–Trinajstić information content (AvgIpc) is 3.01.